The van der Waals surface area contributed by atoms with Crippen LogP contribution in [0.3, 0.4) is 0 Å². The number of carbonyl (C=O) groups excluding carboxylic acids is 1. The number of aliphatic hydroxyl groups is 1. The highest BCUT2D eigenvalue weighted by atomic mass is 19.1. The van der Waals surface area contributed by atoms with Crippen LogP contribution in [0.25, 0.3) is 0 Å². The summed E-state index contributed by atoms with van der Waals surface area (Å²) in [5, 5.41) is 15.2. The molecule has 1 atom stereocenters. The zero-order valence-corrected chi connectivity index (χ0v) is 12.6. The average Bonchev–Trinajstić information content (AvgIpc) is 2.49. The molecule has 0 saturated heterocycles. The molecule has 2 amide bonds. The van der Waals surface area contributed by atoms with E-state index in [1.807, 2.05) is 32.0 Å². The van der Waals surface area contributed by atoms with Crippen LogP contribution in [0.5, 0.6) is 0 Å². The summed E-state index contributed by atoms with van der Waals surface area (Å²) in [6, 6.07) is 11.2. The van der Waals surface area contributed by atoms with Gasteiger partial charge in [0.2, 0.25) is 0 Å². The molecular formula is C17H19FN2O2. The van der Waals surface area contributed by atoms with Crippen molar-refractivity contribution in [3.8, 4) is 0 Å². The van der Waals surface area contributed by atoms with Crippen molar-refractivity contribution in [3.63, 3.8) is 0 Å². The van der Waals surface area contributed by atoms with Gasteiger partial charge in [0.1, 0.15) is 5.82 Å². The second-order valence-corrected chi connectivity index (χ2v) is 5.14. The van der Waals surface area contributed by atoms with Crippen LogP contribution in [0.2, 0.25) is 0 Å². The Morgan fingerprint density at radius 3 is 2.41 bits per heavy atom. The number of halogens is 1. The van der Waals surface area contributed by atoms with E-state index in [9.17, 15) is 14.3 Å². The first-order valence-electron chi connectivity index (χ1n) is 7.02. The minimum absolute atomic E-state index is 0.0717. The number of para-hydroxylation sites is 1. The number of anilines is 1. The number of urea groups is 1. The topological polar surface area (TPSA) is 61.4 Å². The van der Waals surface area contributed by atoms with E-state index in [4.69, 9.17) is 0 Å². The Morgan fingerprint density at radius 1 is 1.14 bits per heavy atom. The first kappa shape index (κ1) is 16.0. The fourth-order valence-corrected chi connectivity index (χ4v) is 2.21. The zero-order valence-electron chi connectivity index (χ0n) is 12.6. The van der Waals surface area contributed by atoms with Crippen LogP contribution in [-0.4, -0.2) is 17.7 Å². The second-order valence-electron chi connectivity index (χ2n) is 5.14. The zero-order chi connectivity index (χ0) is 16.1. The van der Waals surface area contributed by atoms with E-state index in [1.54, 1.807) is 12.1 Å². The molecule has 3 N–H and O–H groups in total. The van der Waals surface area contributed by atoms with Gasteiger partial charge in [-0.3, -0.25) is 0 Å². The minimum Gasteiger partial charge on any atom is -0.386 e. The van der Waals surface area contributed by atoms with Crippen LogP contribution >= 0.6 is 0 Å². The highest BCUT2D eigenvalue weighted by Gasteiger charge is 2.14. The lowest BCUT2D eigenvalue weighted by molar-refractivity contribution is 0.170. The number of amides is 2. The third kappa shape index (κ3) is 3.83. The Kier molecular flexibility index (Phi) is 5.12. The highest BCUT2D eigenvalue weighted by Crippen LogP contribution is 2.19. The number of benzene rings is 2. The molecule has 116 valence electrons. The van der Waals surface area contributed by atoms with Gasteiger partial charge in [0, 0.05) is 17.8 Å². The molecule has 0 aliphatic rings. The molecule has 0 radical (unpaired) electrons. The van der Waals surface area contributed by atoms with Gasteiger partial charge in [0.05, 0.1) is 6.10 Å². The lowest BCUT2D eigenvalue weighted by Gasteiger charge is -2.15. The predicted octanol–water partition coefficient (Wildman–Crippen LogP) is 3.30. The summed E-state index contributed by atoms with van der Waals surface area (Å²) < 4.78 is 13.5. The standard InChI is InChI=1S/C17H19FN2O2/c1-11-6-5-7-12(2)16(11)20-17(22)19-10-15(21)13-8-3-4-9-14(13)18/h3-9,15,21H,10H2,1-2H3,(H2,19,20,22). The van der Waals surface area contributed by atoms with E-state index in [0.717, 1.165) is 16.8 Å². The normalized spacial score (nSPS) is 11.8. The van der Waals surface area contributed by atoms with Gasteiger partial charge in [-0.05, 0) is 31.0 Å². The molecular weight excluding hydrogens is 283 g/mol. The fraction of sp³-hybridized carbons (Fsp3) is 0.235. The number of hydrogen-bond donors (Lipinski definition) is 3. The highest BCUT2D eigenvalue weighted by molar-refractivity contribution is 5.90. The maximum Gasteiger partial charge on any atom is 0.319 e. The van der Waals surface area contributed by atoms with Crippen LogP contribution in [0, 0.1) is 19.7 Å². The Hall–Kier alpha value is -2.40. The summed E-state index contributed by atoms with van der Waals surface area (Å²) in [5.74, 6) is -0.494. The van der Waals surface area contributed by atoms with Crippen molar-refractivity contribution in [1.82, 2.24) is 5.32 Å². The molecule has 0 saturated carbocycles. The molecule has 0 spiro atoms. The summed E-state index contributed by atoms with van der Waals surface area (Å²) in [6.07, 6.45) is -1.09. The Balaban J connectivity index is 1.95. The number of carbonyl (C=O) groups is 1. The maximum atomic E-state index is 13.5. The summed E-state index contributed by atoms with van der Waals surface area (Å²) >= 11 is 0. The molecule has 0 aliphatic heterocycles. The first-order chi connectivity index (χ1) is 10.5. The maximum absolute atomic E-state index is 13.5. The second kappa shape index (κ2) is 7.04. The third-order valence-corrected chi connectivity index (χ3v) is 3.44. The largest absolute Gasteiger partial charge is 0.386 e. The Labute approximate surface area is 129 Å². The SMILES string of the molecule is Cc1cccc(C)c1NC(=O)NCC(O)c1ccccc1F. The molecule has 0 aliphatic carbocycles. The number of aliphatic hydroxyl groups excluding tert-OH is 1. The lowest BCUT2D eigenvalue weighted by atomic mass is 10.1. The Morgan fingerprint density at radius 2 is 1.77 bits per heavy atom. The van der Waals surface area contributed by atoms with Gasteiger partial charge in [-0.15, -0.1) is 0 Å². The van der Waals surface area contributed by atoms with E-state index < -0.39 is 18.0 Å². The Bertz CT molecular complexity index is 653. The number of hydrogen-bond acceptors (Lipinski definition) is 2. The average molecular weight is 302 g/mol. The third-order valence-electron chi connectivity index (χ3n) is 3.44. The van der Waals surface area contributed by atoms with Crippen molar-refractivity contribution in [2.45, 2.75) is 20.0 Å². The van der Waals surface area contributed by atoms with Gasteiger partial charge in [0.25, 0.3) is 0 Å². The fourth-order valence-electron chi connectivity index (χ4n) is 2.21. The molecule has 5 heteroatoms. The van der Waals surface area contributed by atoms with Crippen molar-refractivity contribution < 1.29 is 14.3 Å². The molecule has 0 bridgehead atoms. The monoisotopic (exact) mass is 302 g/mol. The van der Waals surface area contributed by atoms with E-state index in [1.165, 1.54) is 12.1 Å². The molecule has 0 heterocycles. The van der Waals surface area contributed by atoms with Crippen LogP contribution in [0.15, 0.2) is 42.5 Å². The molecule has 0 aromatic heterocycles. The summed E-state index contributed by atoms with van der Waals surface area (Å²) in [5.41, 5.74) is 2.80. The molecule has 4 nitrogen and oxygen atoms in total. The van der Waals surface area contributed by atoms with Gasteiger partial charge < -0.3 is 15.7 Å². The van der Waals surface area contributed by atoms with Crippen LogP contribution in [0.4, 0.5) is 14.9 Å². The summed E-state index contributed by atoms with van der Waals surface area (Å²) in [4.78, 5) is 11.9. The minimum atomic E-state index is -1.09. The summed E-state index contributed by atoms with van der Waals surface area (Å²) in [7, 11) is 0. The predicted molar refractivity (Wildman–Crippen MR) is 84.3 cm³/mol. The number of aryl methyl sites for hydroxylation is 2. The molecule has 2 rings (SSSR count). The van der Waals surface area contributed by atoms with Gasteiger partial charge >= 0.3 is 6.03 Å². The van der Waals surface area contributed by atoms with E-state index >= 15 is 0 Å². The van der Waals surface area contributed by atoms with E-state index in [2.05, 4.69) is 10.6 Å². The van der Waals surface area contributed by atoms with Crippen molar-refractivity contribution in [2.75, 3.05) is 11.9 Å². The summed E-state index contributed by atoms with van der Waals surface area (Å²) in [6.45, 7) is 3.73. The number of nitrogens with one attached hydrogen (secondary N) is 2. The van der Waals surface area contributed by atoms with Crippen molar-refractivity contribution in [3.05, 3.63) is 65.0 Å². The first-order valence-corrected chi connectivity index (χ1v) is 7.02. The van der Waals surface area contributed by atoms with Crippen molar-refractivity contribution >= 4 is 11.7 Å². The van der Waals surface area contributed by atoms with Crippen molar-refractivity contribution in [2.24, 2.45) is 0 Å². The van der Waals surface area contributed by atoms with Crippen LogP contribution in [0.1, 0.15) is 22.8 Å². The molecule has 0 fully saturated rings. The molecule has 2 aromatic rings. The van der Waals surface area contributed by atoms with Crippen molar-refractivity contribution in [1.29, 1.82) is 0 Å². The molecule has 2 aromatic carbocycles. The smallest absolute Gasteiger partial charge is 0.319 e. The molecule has 22 heavy (non-hydrogen) atoms. The van der Waals surface area contributed by atoms with Crippen LogP contribution < -0.4 is 10.6 Å². The number of rotatable bonds is 4. The van der Waals surface area contributed by atoms with Crippen LogP contribution in [-0.2, 0) is 0 Å². The van der Waals surface area contributed by atoms with Gasteiger partial charge in [0.15, 0.2) is 0 Å². The quantitative estimate of drug-likeness (QED) is 0.811. The van der Waals surface area contributed by atoms with E-state index in [0.29, 0.717) is 0 Å². The molecule has 1 unspecified atom stereocenters. The van der Waals surface area contributed by atoms with Gasteiger partial charge in [-0.1, -0.05) is 36.4 Å². The van der Waals surface area contributed by atoms with Gasteiger partial charge in [-0.25, -0.2) is 9.18 Å². The van der Waals surface area contributed by atoms with E-state index in [-0.39, 0.29) is 12.1 Å². The van der Waals surface area contributed by atoms with Gasteiger partial charge in [-0.2, -0.15) is 0 Å². The lowest BCUT2D eigenvalue weighted by Crippen LogP contribution is -2.33.